The average molecular weight is 377 g/mol. The molecule has 5 rings (SSSR count). The minimum absolute atomic E-state index is 0.446. The summed E-state index contributed by atoms with van der Waals surface area (Å²) in [7, 11) is 0. The molecule has 1 aromatic carbocycles. The van der Waals surface area contributed by atoms with Crippen molar-refractivity contribution in [3.63, 3.8) is 0 Å². The van der Waals surface area contributed by atoms with E-state index in [0.29, 0.717) is 17.1 Å². The van der Waals surface area contributed by atoms with Crippen LogP contribution in [0.3, 0.4) is 0 Å². The van der Waals surface area contributed by atoms with E-state index in [2.05, 4.69) is 25.0 Å². The van der Waals surface area contributed by atoms with Crippen LogP contribution < -0.4 is 5.32 Å². The zero-order valence-corrected chi connectivity index (χ0v) is 16.2. The minimum Gasteiger partial charge on any atom is -0.380 e. The van der Waals surface area contributed by atoms with E-state index in [-0.39, 0.29) is 0 Å². The maximum absolute atomic E-state index is 7.25. The molecule has 3 fully saturated rings. The van der Waals surface area contributed by atoms with Crippen molar-refractivity contribution in [2.24, 2.45) is 5.41 Å². The van der Waals surface area contributed by atoms with Crippen LogP contribution >= 0.6 is 0 Å². The van der Waals surface area contributed by atoms with Gasteiger partial charge in [-0.2, -0.15) is 0 Å². The third-order valence-electron chi connectivity index (χ3n) is 6.98. The Morgan fingerprint density at radius 3 is 2.57 bits per heavy atom. The van der Waals surface area contributed by atoms with Gasteiger partial charge in [0.15, 0.2) is 5.69 Å². The second-order valence-electron chi connectivity index (χ2n) is 8.71. The van der Waals surface area contributed by atoms with E-state index in [4.69, 9.17) is 11.3 Å². The van der Waals surface area contributed by atoms with Gasteiger partial charge in [0, 0.05) is 22.9 Å². The molecule has 1 aromatic heterocycles. The van der Waals surface area contributed by atoms with Gasteiger partial charge in [-0.15, -0.1) is 0 Å². The van der Waals surface area contributed by atoms with E-state index in [1.807, 2.05) is 18.2 Å². The molecule has 1 spiro atoms. The summed E-state index contributed by atoms with van der Waals surface area (Å²) >= 11 is 0. The number of nitrogens with one attached hydrogen (secondary N) is 1. The fourth-order valence-electron chi connectivity index (χ4n) is 5.05. The fraction of sp³-hybridized carbons (Fsp3) is 0.591. The number of fused-ring (bicyclic) bond motifs is 1. The molecule has 6 heteroatoms. The van der Waals surface area contributed by atoms with E-state index in [0.717, 1.165) is 36.0 Å². The lowest BCUT2D eigenvalue weighted by Gasteiger charge is -2.49. The molecule has 0 amide bonds. The second kappa shape index (κ2) is 7.31. The zero-order chi connectivity index (χ0) is 19.0. The summed E-state index contributed by atoms with van der Waals surface area (Å²) in [6, 6.07) is 6.79. The fourth-order valence-corrected chi connectivity index (χ4v) is 5.05. The maximum Gasteiger partial charge on any atom is 0.188 e. The average Bonchev–Trinajstić information content (AvgIpc) is 2.73. The van der Waals surface area contributed by atoms with Gasteiger partial charge in [-0.05, 0) is 63.7 Å². The standard InChI is InChI=1S/C22H27N5O/c1-23-17-4-7-20-19(12-17)21(25-15-24-20)26-16-2-5-18(6-3-16)27-10-8-22(9-11-27)13-28-14-22/h4,7,12,15-16,18H,2-3,5-6,8-11,13-14H2,(H,24,25,26). The molecule has 2 aromatic rings. The summed E-state index contributed by atoms with van der Waals surface area (Å²) in [6.07, 6.45) is 9.06. The molecule has 2 saturated heterocycles. The molecule has 1 N–H and O–H groups in total. The smallest absolute Gasteiger partial charge is 0.188 e. The Kier molecular flexibility index (Phi) is 4.65. The molecule has 146 valence electrons. The summed E-state index contributed by atoms with van der Waals surface area (Å²) in [6.45, 7) is 11.7. The number of ether oxygens (including phenoxy) is 1. The van der Waals surface area contributed by atoms with Crippen molar-refractivity contribution in [2.75, 3.05) is 31.6 Å². The van der Waals surface area contributed by atoms with Crippen molar-refractivity contribution >= 4 is 22.4 Å². The van der Waals surface area contributed by atoms with Crippen molar-refractivity contribution < 1.29 is 4.74 Å². The Morgan fingerprint density at radius 2 is 1.89 bits per heavy atom. The number of hydrogen-bond donors (Lipinski definition) is 1. The van der Waals surface area contributed by atoms with Crippen LogP contribution in [0.15, 0.2) is 24.5 Å². The molecule has 0 atom stereocenters. The van der Waals surface area contributed by atoms with Gasteiger partial charge in [0.05, 0.1) is 25.3 Å². The van der Waals surface area contributed by atoms with Crippen LogP contribution in [0.5, 0.6) is 0 Å². The quantitative estimate of drug-likeness (QED) is 0.819. The van der Waals surface area contributed by atoms with E-state index in [1.54, 1.807) is 6.33 Å². The Bertz CT molecular complexity index is 885. The largest absolute Gasteiger partial charge is 0.380 e. The first kappa shape index (κ1) is 17.8. The SMILES string of the molecule is [C-]#[N+]c1ccc2ncnc(NC3CCC(N4CCC5(CC4)COC5)CC3)c2c1. The number of anilines is 1. The Labute approximate surface area is 166 Å². The monoisotopic (exact) mass is 377 g/mol. The lowest BCUT2D eigenvalue weighted by molar-refractivity contribution is -0.143. The molecule has 3 aliphatic rings. The summed E-state index contributed by atoms with van der Waals surface area (Å²) in [4.78, 5) is 15.1. The molecule has 0 bridgehead atoms. The Hall–Kier alpha value is -2.23. The molecule has 0 radical (unpaired) electrons. The Balaban J connectivity index is 1.20. The van der Waals surface area contributed by atoms with Gasteiger partial charge in [-0.25, -0.2) is 14.8 Å². The van der Waals surface area contributed by atoms with Crippen LogP contribution in [0.2, 0.25) is 0 Å². The topological polar surface area (TPSA) is 54.6 Å². The number of likely N-dealkylation sites (tertiary alicyclic amines) is 1. The first-order valence-corrected chi connectivity index (χ1v) is 10.5. The lowest BCUT2D eigenvalue weighted by atomic mass is 9.76. The van der Waals surface area contributed by atoms with Crippen LogP contribution in [0.25, 0.3) is 15.7 Å². The highest BCUT2D eigenvalue weighted by atomic mass is 16.5. The van der Waals surface area contributed by atoms with E-state index in [9.17, 15) is 0 Å². The normalized spacial score (nSPS) is 27.2. The van der Waals surface area contributed by atoms with E-state index in [1.165, 1.54) is 51.6 Å². The van der Waals surface area contributed by atoms with Crippen molar-refractivity contribution in [1.82, 2.24) is 14.9 Å². The van der Waals surface area contributed by atoms with Gasteiger partial charge in [0.25, 0.3) is 0 Å². The van der Waals surface area contributed by atoms with Crippen LogP contribution in [0.4, 0.5) is 11.5 Å². The van der Waals surface area contributed by atoms with Crippen molar-refractivity contribution in [3.05, 3.63) is 35.9 Å². The highest BCUT2D eigenvalue weighted by molar-refractivity contribution is 5.91. The van der Waals surface area contributed by atoms with Gasteiger partial charge in [0.2, 0.25) is 0 Å². The highest BCUT2D eigenvalue weighted by Gasteiger charge is 2.42. The maximum atomic E-state index is 7.25. The number of rotatable bonds is 3. The molecule has 6 nitrogen and oxygen atoms in total. The molecule has 3 heterocycles. The van der Waals surface area contributed by atoms with Crippen LogP contribution in [0.1, 0.15) is 38.5 Å². The third kappa shape index (κ3) is 3.34. The van der Waals surface area contributed by atoms with E-state index < -0.39 is 0 Å². The van der Waals surface area contributed by atoms with E-state index >= 15 is 0 Å². The number of nitrogens with zero attached hydrogens (tertiary/aromatic N) is 4. The molecular formula is C22H27N5O. The van der Waals surface area contributed by atoms with Gasteiger partial charge in [-0.1, -0.05) is 6.07 Å². The van der Waals surface area contributed by atoms with Gasteiger partial charge in [-0.3, -0.25) is 0 Å². The van der Waals surface area contributed by atoms with Crippen LogP contribution in [-0.4, -0.2) is 53.3 Å². The molecule has 28 heavy (non-hydrogen) atoms. The molecular weight excluding hydrogens is 350 g/mol. The Morgan fingerprint density at radius 1 is 1.11 bits per heavy atom. The minimum atomic E-state index is 0.446. The number of piperidine rings is 1. The first-order valence-electron chi connectivity index (χ1n) is 10.5. The number of benzene rings is 1. The summed E-state index contributed by atoms with van der Waals surface area (Å²) in [5, 5.41) is 4.59. The summed E-state index contributed by atoms with van der Waals surface area (Å²) in [5.41, 5.74) is 2.04. The van der Waals surface area contributed by atoms with Crippen molar-refractivity contribution in [3.8, 4) is 0 Å². The number of hydrogen-bond acceptors (Lipinski definition) is 5. The third-order valence-corrected chi connectivity index (χ3v) is 6.98. The van der Waals surface area contributed by atoms with Gasteiger partial charge in [0.1, 0.15) is 12.1 Å². The predicted molar refractivity (Wildman–Crippen MR) is 110 cm³/mol. The molecule has 1 saturated carbocycles. The summed E-state index contributed by atoms with van der Waals surface area (Å²) < 4.78 is 5.46. The van der Waals surface area contributed by atoms with Crippen LogP contribution in [-0.2, 0) is 4.74 Å². The lowest BCUT2D eigenvalue weighted by Crippen LogP contribution is -2.53. The van der Waals surface area contributed by atoms with Gasteiger partial charge < -0.3 is 15.0 Å². The van der Waals surface area contributed by atoms with Crippen LogP contribution in [0, 0.1) is 12.0 Å². The molecule has 1 aliphatic carbocycles. The first-order chi connectivity index (χ1) is 13.7. The highest BCUT2D eigenvalue weighted by Crippen LogP contribution is 2.40. The predicted octanol–water partition coefficient (Wildman–Crippen LogP) is 4.02. The van der Waals surface area contributed by atoms with Crippen molar-refractivity contribution in [1.29, 1.82) is 0 Å². The van der Waals surface area contributed by atoms with Gasteiger partial charge >= 0.3 is 0 Å². The molecule has 0 unspecified atom stereocenters. The zero-order valence-electron chi connectivity index (χ0n) is 16.2. The number of aromatic nitrogens is 2. The molecule has 2 aliphatic heterocycles. The summed E-state index contributed by atoms with van der Waals surface area (Å²) in [5.74, 6) is 0.865. The second-order valence-corrected chi connectivity index (χ2v) is 8.71. The van der Waals surface area contributed by atoms with Crippen molar-refractivity contribution in [2.45, 2.75) is 50.6 Å².